The lowest BCUT2D eigenvalue weighted by Crippen LogP contribution is -2.34. The van der Waals surface area contributed by atoms with Gasteiger partial charge in [-0.05, 0) is 35.0 Å². The van der Waals surface area contributed by atoms with Gasteiger partial charge in [-0.1, -0.05) is 24.6 Å². The minimum atomic E-state index is -0.245. The predicted molar refractivity (Wildman–Crippen MR) is 70.6 cm³/mol. The van der Waals surface area contributed by atoms with Crippen LogP contribution in [-0.2, 0) is 4.79 Å². The van der Waals surface area contributed by atoms with Crippen LogP contribution in [0.15, 0.2) is 22.7 Å². The first-order chi connectivity index (χ1) is 7.43. The number of carbonyl (C=O) groups is 1. The maximum absolute atomic E-state index is 11.8. The van der Waals surface area contributed by atoms with Crippen molar-refractivity contribution < 1.29 is 4.79 Å². The Morgan fingerprint density at radius 1 is 1.50 bits per heavy atom. The lowest BCUT2D eigenvalue weighted by molar-refractivity contribution is -0.119. The van der Waals surface area contributed by atoms with Crippen LogP contribution in [0.5, 0.6) is 0 Å². The lowest BCUT2D eigenvalue weighted by atomic mass is 10.0. The normalized spacial score (nSPS) is 14.3. The van der Waals surface area contributed by atoms with Gasteiger partial charge < -0.3 is 11.1 Å². The maximum atomic E-state index is 11.8. The van der Waals surface area contributed by atoms with Crippen molar-refractivity contribution in [2.45, 2.75) is 19.9 Å². The standard InChI is InChI=1S/C11H14BrClN2O/c1-6(7(2)14)11(16)15-9-5-3-4-8(13)10(9)12/h3-7H,14H2,1-2H3,(H,15,16). The van der Waals surface area contributed by atoms with E-state index in [4.69, 9.17) is 17.3 Å². The highest BCUT2D eigenvalue weighted by molar-refractivity contribution is 9.10. The summed E-state index contributed by atoms with van der Waals surface area (Å²) in [5, 5.41) is 3.34. The van der Waals surface area contributed by atoms with Crippen molar-refractivity contribution in [3.05, 3.63) is 27.7 Å². The third-order valence-corrected chi connectivity index (χ3v) is 3.81. The van der Waals surface area contributed by atoms with E-state index in [9.17, 15) is 4.79 Å². The molecule has 1 rings (SSSR count). The lowest BCUT2D eigenvalue weighted by Gasteiger charge is -2.16. The number of nitrogens with one attached hydrogen (secondary N) is 1. The fraction of sp³-hybridized carbons (Fsp3) is 0.364. The molecule has 0 radical (unpaired) electrons. The van der Waals surface area contributed by atoms with Crippen molar-refractivity contribution >= 4 is 39.1 Å². The highest BCUT2D eigenvalue weighted by Crippen LogP contribution is 2.30. The third kappa shape index (κ3) is 3.20. The van der Waals surface area contributed by atoms with Crippen LogP contribution in [0.25, 0.3) is 0 Å². The fourth-order valence-corrected chi connectivity index (χ4v) is 1.62. The van der Waals surface area contributed by atoms with Crippen molar-refractivity contribution in [3.8, 4) is 0 Å². The molecule has 0 saturated carbocycles. The molecular weight excluding hydrogens is 291 g/mol. The van der Waals surface area contributed by atoms with Crippen LogP contribution in [0.3, 0.4) is 0 Å². The van der Waals surface area contributed by atoms with E-state index >= 15 is 0 Å². The molecule has 0 aliphatic carbocycles. The highest BCUT2D eigenvalue weighted by Gasteiger charge is 2.18. The van der Waals surface area contributed by atoms with Crippen molar-refractivity contribution in [3.63, 3.8) is 0 Å². The van der Waals surface area contributed by atoms with E-state index in [0.717, 1.165) is 0 Å². The molecule has 0 spiro atoms. The Kier molecular flexibility index (Phi) is 4.77. The number of nitrogens with two attached hydrogens (primary N) is 1. The summed E-state index contributed by atoms with van der Waals surface area (Å²) in [6.07, 6.45) is 0. The number of hydrogen-bond acceptors (Lipinski definition) is 2. The zero-order valence-electron chi connectivity index (χ0n) is 9.13. The Bertz CT molecular complexity index is 396. The largest absolute Gasteiger partial charge is 0.327 e. The van der Waals surface area contributed by atoms with Crippen LogP contribution in [-0.4, -0.2) is 11.9 Å². The zero-order valence-corrected chi connectivity index (χ0v) is 11.5. The molecule has 1 aromatic rings. The van der Waals surface area contributed by atoms with E-state index in [-0.39, 0.29) is 17.9 Å². The molecule has 16 heavy (non-hydrogen) atoms. The quantitative estimate of drug-likeness (QED) is 0.902. The molecule has 1 aromatic carbocycles. The molecule has 0 aromatic heterocycles. The smallest absolute Gasteiger partial charge is 0.228 e. The molecule has 0 bridgehead atoms. The monoisotopic (exact) mass is 304 g/mol. The van der Waals surface area contributed by atoms with Gasteiger partial charge in [0.2, 0.25) is 5.91 Å². The average molecular weight is 306 g/mol. The summed E-state index contributed by atoms with van der Waals surface area (Å²) in [5.74, 6) is -0.358. The van der Waals surface area contributed by atoms with Gasteiger partial charge in [-0.25, -0.2) is 0 Å². The maximum Gasteiger partial charge on any atom is 0.228 e. The first kappa shape index (κ1) is 13.5. The van der Waals surface area contributed by atoms with E-state index in [1.54, 1.807) is 32.0 Å². The van der Waals surface area contributed by atoms with E-state index < -0.39 is 0 Å². The average Bonchev–Trinajstić information content (AvgIpc) is 2.23. The summed E-state index contributed by atoms with van der Waals surface area (Å²) in [6.45, 7) is 3.59. The van der Waals surface area contributed by atoms with Crippen LogP contribution < -0.4 is 11.1 Å². The number of rotatable bonds is 3. The second kappa shape index (κ2) is 5.66. The van der Waals surface area contributed by atoms with Gasteiger partial charge in [0, 0.05) is 6.04 Å². The Hall–Kier alpha value is -0.580. The van der Waals surface area contributed by atoms with Gasteiger partial charge in [0.15, 0.2) is 0 Å². The van der Waals surface area contributed by atoms with Gasteiger partial charge in [-0.15, -0.1) is 0 Å². The first-order valence-electron chi connectivity index (χ1n) is 4.94. The van der Waals surface area contributed by atoms with Gasteiger partial charge in [0.1, 0.15) is 0 Å². The van der Waals surface area contributed by atoms with Crippen LogP contribution in [0, 0.1) is 5.92 Å². The van der Waals surface area contributed by atoms with Crippen molar-refractivity contribution in [1.29, 1.82) is 0 Å². The number of carbonyl (C=O) groups excluding carboxylic acids is 1. The molecule has 1 amide bonds. The molecule has 3 N–H and O–H groups in total. The van der Waals surface area contributed by atoms with Gasteiger partial charge in [0.05, 0.1) is 21.1 Å². The summed E-state index contributed by atoms with van der Waals surface area (Å²) in [5.41, 5.74) is 6.32. The number of hydrogen-bond donors (Lipinski definition) is 2. The second-order valence-corrected chi connectivity index (χ2v) is 4.94. The first-order valence-corrected chi connectivity index (χ1v) is 6.11. The predicted octanol–water partition coefficient (Wildman–Crippen LogP) is 3.02. The van der Waals surface area contributed by atoms with E-state index in [0.29, 0.717) is 15.2 Å². The Balaban J connectivity index is 2.81. The number of benzene rings is 1. The van der Waals surface area contributed by atoms with Gasteiger partial charge >= 0.3 is 0 Å². The van der Waals surface area contributed by atoms with Crippen LogP contribution in [0.1, 0.15) is 13.8 Å². The molecule has 0 heterocycles. The molecule has 0 saturated heterocycles. The summed E-state index contributed by atoms with van der Waals surface area (Å²) in [6, 6.07) is 5.12. The number of amides is 1. The molecule has 88 valence electrons. The fourth-order valence-electron chi connectivity index (χ4n) is 1.09. The van der Waals surface area contributed by atoms with Crippen molar-refractivity contribution in [2.75, 3.05) is 5.32 Å². The number of halogens is 2. The third-order valence-electron chi connectivity index (χ3n) is 2.41. The van der Waals surface area contributed by atoms with E-state index in [1.807, 2.05) is 0 Å². The van der Waals surface area contributed by atoms with Crippen molar-refractivity contribution in [1.82, 2.24) is 0 Å². The van der Waals surface area contributed by atoms with Gasteiger partial charge in [0.25, 0.3) is 0 Å². The minimum absolute atomic E-state index is 0.113. The van der Waals surface area contributed by atoms with Gasteiger partial charge in [-0.3, -0.25) is 4.79 Å². The Morgan fingerprint density at radius 2 is 2.12 bits per heavy atom. The summed E-state index contributed by atoms with van der Waals surface area (Å²) in [4.78, 5) is 11.8. The molecule has 2 unspecified atom stereocenters. The number of anilines is 1. The summed E-state index contributed by atoms with van der Waals surface area (Å²) < 4.78 is 0.682. The summed E-state index contributed by atoms with van der Waals surface area (Å²) in [7, 11) is 0. The summed E-state index contributed by atoms with van der Waals surface area (Å²) >= 11 is 9.23. The van der Waals surface area contributed by atoms with E-state index in [2.05, 4.69) is 21.2 Å². The SMILES string of the molecule is CC(N)C(C)C(=O)Nc1cccc(Cl)c1Br. The van der Waals surface area contributed by atoms with Crippen LogP contribution in [0.2, 0.25) is 5.02 Å². The molecular formula is C11H14BrClN2O. The van der Waals surface area contributed by atoms with E-state index in [1.165, 1.54) is 0 Å². The second-order valence-electron chi connectivity index (χ2n) is 3.74. The van der Waals surface area contributed by atoms with Crippen molar-refractivity contribution in [2.24, 2.45) is 11.7 Å². The zero-order chi connectivity index (χ0) is 12.3. The molecule has 0 fully saturated rings. The Morgan fingerprint density at radius 3 is 2.69 bits per heavy atom. The van der Waals surface area contributed by atoms with Crippen LogP contribution in [0.4, 0.5) is 5.69 Å². The molecule has 3 nitrogen and oxygen atoms in total. The van der Waals surface area contributed by atoms with Crippen LogP contribution >= 0.6 is 27.5 Å². The molecule has 2 atom stereocenters. The Labute approximate surface area is 108 Å². The minimum Gasteiger partial charge on any atom is -0.327 e. The molecule has 5 heteroatoms. The highest BCUT2D eigenvalue weighted by atomic mass is 79.9. The van der Waals surface area contributed by atoms with Gasteiger partial charge in [-0.2, -0.15) is 0 Å². The topological polar surface area (TPSA) is 55.1 Å². The molecule has 0 aliphatic heterocycles. The molecule has 0 aliphatic rings.